The van der Waals surface area contributed by atoms with Gasteiger partial charge in [0.05, 0.1) is 5.56 Å². The number of carbonyl (C=O) groups is 1. The minimum absolute atomic E-state index is 0.0191. The number of rotatable bonds is 1. The fourth-order valence-electron chi connectivity index (χ4n) is 3.48. The highest BCUT2D eigenvalue weighted by molar-refractivity contribution is 7.71. The molecule has 1 aromatic carbocycles. The predicted octanol–water partition coefficient (Wildman–Crippen LogP) is 3.14. The van der Waals surface area contributed by atoms with E-state index in [0.717, 1.165) is 18.5 Å². The third kappa shape index (κ3) is 2.32. The van der Waals surface area contributed by atoms with Crippen molar-refractivity contribution in [2.24, 2.45) is 0 Å². The summed E-state index contributed by atoms with van der Waals surface area (Å²) >= 11 is 5.04. The number of H-pyrrole nitrogens is 2. The Kier molecular flexibility index (Phi) is 3.45. The van der Waals surface area contributed by atoms with Crippen molar-refractivity contribution in [1.82, 2.24) is 9.97 Å². The summed E-state index contributed by atoms with van der Waals surface area (Å²) in [6, 6.07) is 5.90. The van der Waals surface area contributed by atoms with Gasteiger partial charge in [-0.15, -0.1) is 0 Å². The van der Waals surface area contributed by atoms with Crippen LogP contribution in [0.15, 0.2) is 40.3 Å². The Hall–Kier alpha value is -2.54. The smallest absolute Gasteiger partial charge is 0.257 e. The molecule has 0 spiro atoms. The molecule has 0 saturated carbocycles. The van der Waals surface area contributed by atoms with Gasteiger partial charge >= 0.3 is 0 Å². The van der Waals surface area contributed by atoms with Gasteiger partial charge in [-0.2, -0.15) is 0 Å². The Morgan fingerprint density at radius 3 is 2.58 bits per heavy atom. The van der Waals surface area contributed by atoms with Crippen molar-refractivity contribution in [3.8, 4) is 0 Å². The highest BCUT2D eigenvalue weighted by atomic mass is 32.1. The van der Waals surface area contributed by atoms with Gasteiger partial charge in [0.25, 0.3) is 5.56 Å². The van der Waals surface area contributed by atoms with E-state index in [1.54, 1.807) is 12.1 Å². The summed E-state index contributed by atoms with van der Waals surface area (Å²) in [5.74, 6) is -0.365. The molecule has 0 fully saturated rings. The first-order chi connectivity index (χ1) is 11.5. The standard InChI is InChI=1S/C17H14FN3O2S/c18-9-6-4-8(5-7-9)12-13-10(2-1-3-11(13)22)19-15-14(12)16(23)21-17(24)20-15/h4-7,12H,1-3H2,(H3,19,20,21,23,24). The maximum Gasteiger partial charge on any atom is 0.257 e. The van der Waals surface area contributed by atoms with E-state index in [4.69, 9.17) is 12.2 Å². The van der Waals surface area contributed by atoms with Crippen LogP contribution in [0.1, 0.15) is 36.3 Å². The number of halogens is 1. The molecule has 0 bridgehead atoms. The summed E-state index contributed by atoms with van der Waals surface area (Å²) in [7, 11) is 0. The topological polar surface area (TPSA) is 77.8 Å². The molecular weight excluding hydrogens is 329 g/mol. The lowest BCUT2D eigenvalue weighted by molar-refractivity contribution is -0.116. The zero-order chi connectivity index (χ0) is 16.8. The van der Waals surface area contributed by atoms with Crippen LogP contribution in [-0.4, -0.2) is 15.8 Å². The molecule has 1 atom stereocenters. The van der Waals surface area contributed by atoms with E-state index in [9.17, 15) is 14.0 Å². The molecule has 1 aliphatic heterocycles. The fraction of sp³-hybridized carbons (Fsp3) is 0.235. The first-order valence-corrected chi connectivity index (χ1v) is 8.10. The third-order valence-electron chi connectivity index (χ3n) is 4.49. The number of fused-ring (bicyclic) bond motifs is 1. The minimum Gasteiger partial charge on any atom is -0.344 e. The van der Waals surface area contributed by atoms with Gasteiger partial charge in [-0.1, -0.05) is 12.1 Å². The van der Waals surface area contributed by atoms with Crippen molar-refractivity contribution < 1.29 is 9.18 Å². The largest absolute Gasteiger partial charge is 0.344 e. The molecule has 1 aliphatic carbocycles. The van der Waals surface area contributed by atoms with Crippen molar-refractivity contribution in [1.29, 1.82) is 0 Å². The van der Waals surface area contributed by atoms with E-state index in [-0.39, 0.29) is 21.9 Å². The van der Waals surface area contributed by atoms with E-state index >= 15 is 0 Å². The number of benzene rings is 1. The molecule has 7 heteroatoms. The number of nitrogens with one attached hydrogen (secondary N) is 3. The van der Waals surface area contributed by atoms with Gasteiger partial charge < -0.3 is 10.3 Å². The summed E-state index contributed by atoms with van der Waals surface area (Å²) in [6.45, 7) is 0. The number of allylic oxidation sites excluding steroid dienone is 2. The molecule has 3 N–H and O–H groups in total. The van der Waals surface area contributed by atoms with Crippen molar-refractivity contribution in [2.45, 2.75) is 25.2 Å². The lowest BCUT2D eigenvalue weighted by Gasteiger charge is -2.32. The van der Waals surface area contributed by atoms with Crippen LogP contribution in [-0.2, 0) is 4.79 Å². The number of Topliss-reactive ketones (excluding diaryl/α,β-unsaturated/α-hetero) is 1. The normalized spacial score (nSPS) is 19.5. The van der Waals surface area contributed by atoms with Crippen molar-refractivity contribution in [3.63, 3.8) is 0 Å². The molecular formula is C17H14FN3O2S. The number of ketones is 1. The molecule has 2 heterocycles. The van der Waals surface area contributed by atoms with Crippen molar-refractivity contribution >= 4 is 23.8 Å². The van der Waals surface area contributed by atoms with Crippen LogP contribution in [0.5, 0.6) is 0 Å². The molecule has 2 aliphatic rings. The molecule has 24 heavy (non-hydrogen) atoms. The van der Waals surface area contributed by atoms with Gasteiger partial charge in [0.1, 0.15) is 11.6 Å². The van der Waals surface area contributed by atoms with Crippen LogP contribution in [0.25, 0.3) is 0 Å². The van der Waals surface area contributed by atoms with E-state index in [0.29, 0.717) is 28.9 Å². The van der Waals surface area contributed by atoms with Crippen LogP contribution in [0.3, 0.4) is 0 Å². The second kappa shape index (κ2) is 5.52. The fourth-order valence-corrected chi connectivity index (χ4v) is 3.68. The average Bonchev–Trinajstić information content (AvgIpc) is 2.54. The summed E-state index contributed by atoms with van der Waals surface area (Å²) in [4.78, 5) is 30.6. The van der Waals surface area contributed by atoms with Gasteiger partial charge in [-0.25, -0.2) is 4.39 Å². The quantitative estimate of drug-likeness (QED) is 0.695. The van der Waals surface area contributed by atoms with E-state index in [1.807, 2.05) is 0 Å². The molecule has 2 aromatic rings. The van der Waals surface area contributed by atoms with Crippen LogP contribution in [0.2, 0.25) is 0 Å². The average molecular weight is 343 g/mol. The maximum absolute atomic E-state index is 13.3. The van der Waals surface area contributed by atoms with Crippen molar-refractivity contribution in [3.05, 3.63) is 67.6 Å². The molecule has 0 saturated heterocycles. The summed E-state index contributed by atoms with van der Waals surface area (Å²) in [5.41, 5.74) is 2.17. The van der Waals surface area contributed by atoms with E-state index in [2.05, 4.69) is 15.3 Å². The predicted molar refractivity (Wildman–Crippen MR) is 90.0 cm³/mol. The van der Waals surface area contributed by atoms with Crippen LogP contribution >= 0.6 is 12.2 Å². The Labute approximate surface area is 141 Å². The second-order valence-corrected chi connectivity index (χ2v) is 6.38. The van der Waals surface area contributed by atoms with Gasteiger partial charge in [-0.05, 0) is 42.8 Å². The molecule has 1 aromatic heterocycles. The zero-order valence-electron chi connectivity index (χ0n) is 12.6. The lowest BCUT2D eigenvalue weighted by Crippen LogP contribution is -2.32. The zero-order valence-corrected chi connectivity index (χ0v) is 13.4. The van der Waals surface area contributed by atoms with Crippen molar-refractivity contribution in [2.75, 3.05) is 5.32 Å². The monoisotopic (exact) mass is 343 g/mol. The van der Waals surface area contributed by atoms with Crippen LogP contribution < -0.4 is 10.9 Å². The van der Waals surface area contributed by atoms with Gasteiger partial charge in [0.15, 0.2) is 10.6 Å². The highest BCUT2D eigenvalue weighted by Crippen LogP contribution is 2.42. The number of anilines is 1. The molecule has 5 nitrogen and oxygen atoms in total. The Bertz CT molecular complexity index is 988. The lowest BCUT2D eigenvalue weighted by atomic mass is 9.76. The Morgan fingerprint density at radius 2 is 1.83 bits per heavy atom. The van der Waals surface area contributed by atoms with Gasteiger partial charge in [-0.3, -0.25) is 14.6 Å². The first-order valence-electron chi connectivity index (χ1n) is 7.70. The summed E-state index contributed by atoms with van der Waals surface area (Å²) in [5, 5.41) is 3.16. The number of aromatic nitrogens is 2. The molecule has 0 amide bonds. The van der Waals surface area contributed by atoms with Gasteiger partial charge in [0.2, 0.25) is 0 Å². The van der Waals surface area contributed by atoms with E-state index in [1.165, 1.54) is 12.1 Å². The van der Waals surface area contributed by atoms with Gasteiger partial charge in [0, 0.05) is 23.6 Å². The summed E-state index contributed by atoms with van der Waals surface area (Å²) < 4.78 is 13.5. The SMILES string of the molecule is O=C1CCCC2=C1C(c1ccc(F)cc1)c1c([nH]c(=S)[nH]c1=O)N2. The molecule has 0 radical (unpaired) electrons. The third-order valence-corrected chi connectivity index (χ3v) is 4.70. The molecule has 4 rings (SSSR count). The first kappa shape index (κ1) is 15.0. The number of carbonyl (C=O) groups excluding carboxylic acids is 1. The number of hydrogen-bond donors (Lipinski definition) is 3. The Morgan fingerprint density at radius 1 is 1.08 bits per heavy atom. The van der Waals surface area contributed by atoms with Crippen LogP contribution in [0, 0.1) is 10.6 Å². The van der Waals surface area contributed by atoms with E-state index < -0.39 is 5.92 Å². The maximum atomic E-state index is 13.3. The molecule has 122 valence electrons. The Balaban J connectivity index is 2.01. The minimum atomic E-state index is -0.528. The number of hydrogen-bond acceptors (Lipinski definition) is 4. The second-order valence-electron chi connectivity index (χ2n) is 5.98. The summed E-state index contributed by atoms with van der Waals surface area (Å²) in [6.07, 6.45) is 1.94. The number of aromatic amines is 2. The highest BCUT2D eigenvalue weighted by Gasteiger charge is 2.37. The van der Waals surface area contributed by atoms with Crippen LogP contribution in [0.4, 0.5) is 10.2 Å². The molecule has 1 unspecified atom stereocenters.